The minimum Gasteiger partial charge on any atom is -0.499 e. The molecule has 0 spiro atoms. The fourth-order valence-electron chi connectivity index (χ4n) is 0.232. The molecule has 0 saturated heterocycles. The van der Waals surface area contributed by atoms with E-state index in [1.165, 1.54) is 6.26 Å². The van der Waals surface area contributed by atoms with Gasteiger partial charge in [-0.15, -0.1) is 5.59 Å². The number of hydrogen-bond acceptors (Lipinski definition) is 4. The number of nitrogens with two attached hydrogens (primary N) is 1. The van der Waals surface area contributed by atoms with Gasteiger partial charge < -0.3 is 4.74 Å². The summed E-state index contributed by atoms with van der Waals surface area (Å²) in [5, 5.41) is 0. The second-order valence-electron chi connectivity index (χ2n) is 1.00. The molecule has 0 bridgehead atoms. The molecule has 0 rings (SSSR count). The summed E-state index contributed by atoms with van der Waals surface area (Å²) in [6.07, 6.45) is 1.35. The third-order valence-electron chi connectivity index (χ3n) is 0.504. The predicted octanol–water partition coefficient (Wildman–Crippen LogP) is -0.459. The average Bonchev–Trinajstić information content (AvgIpc) is 1.81. The fraction of sp³-hybridized carbons (Fsp3) is 0.500. The van der Waals surface area contributed by atoms with Gasteiger partial charge in [-0.1, -0.05) is 6.58 Å². The summed E-state index contributed by atoms with van der Waals surface area (Å²) in [6, 6.07) is 0. The standard InChI is InChI=1S/C4H10N2O2/c1-2-7-3-4-8-6-5/h2,6H,1,3-5H2. The summed E-state index contributed by atoms with van der Waals surface area (Å²) in [4.78, 5) is 4.49. The molecule has 0 fully saturated rings. The van der Waals surface area contributed by atoms with Crippen LogP contribution in [0.25, 0.3) is 0 Å². The smallest absolute Gasteiger partial charge is 0.113 e. The van der Waals surface area contributed by atoms with Crippen LogP contribution < -0.4 is 11.4 Å². The van der Waals surface area contributed by atoms with E-state index in [2.05, 4.69) is 16.2 Å². The normalized spacial score (nSPS) is 8.62. The van der Waals surface area contributed by atoms with Crippen LogP contribution in [-0.4, -0.2) is 13.2 Å². The number of rotatable bonds is 5. The summed E-state index contributed by atoms with van der Waals surface area (Å²) < 4.78 is 4.68. The molecule has 48 valence electrons. The molecule has 0 aromatic rings. The van der Waals surface area contributed by atoms with Crippen LogP contribution in [-0.2, 0) is 9.57 Å². The van der Waals surface area contributed by atoms with E-state index in [0.29, 0.717) is 13.2 Å². The zero-order chi connectivity index (χ0) is 6.24. The molecule has 0 aliphatic rings. The molecule has 0 saturated carbocycles. The van der Waals surface area contributed by atoms with E-state index in [1.54, 1.807) is 0 Å². The first-order valence-electron chi connectivity index (χ1n) is 2.21. The van der Waals surface area contributed by atoms with Crippen LogP contribution in [0.3, 0.4) is 0 Å². The van der Waals surface area contributed by atoms with Gasteiger partial charge in [-0.2, -0.15) is 0 Å². The van der Waals surface area contributed by atoms with Gasteiger partial charge >= 0.3 is 0 Å². The van der Waals surface area contributed by atoms with Crippen LogP contribution in [0.15, 0.2) is 12.8 Å². The van der Waals surface area contributed by atoms with E-state index in [0.717, 1.165) is 0 Å². The quantitative estimate of drug-likeness (QED) is 0.222. The van der Waals surface area contributed by atoms with Crippen molar-refractivity contribution in [2.75, 3.05) is 13.2 Å². The lowest BCUT2D eigenvalue weighted by molar-refractivity contribution is 0.0142. The van der Waals surface area contributed by atoms with Crippen LogP contribution in [0.4, 0.5) is 0 Å². The maximum atomic E-state index is 4.76. The van der Waals surface area contributed by atoms with Crippen molar-refractivity contribution in [3.63, 3.8) is 0 Å². The molecule has 4 heteroatoms. The summed E-state index contributed by atoms with van der Waals surface area (Å²) in [6.45, 7) is 4.21. The third kappa shape index (κ3) is 5.42. The maximum absolute atomic E-state index is 4.76. The summed E-state index contributed by atoms with van der Waals surface area (Å²) in [7, 11) is 0. The summed E-state index contributed by atoms with van der Waals surface area (Å²) in [5.74, 6) is 4.76. The highest BCUT2D eigenvalue weighted by molar-refractivity contribution is 4.47. The van der Waals surface area contributed by atoms with Crippen LogP contribution in [0.5, 0.6) is 0 Å². The fourth-order valence-corrected chi connectivity index (χ4v) is 0.232. The van der Waals surface area contributed by atoms with Gasteiger partial charge in [0.1, 0.15) is 13.2 Å². The molecular formula is C4H10N2O2. The second kappa shape index (κ2) is 6.42. The Bertz CT molecular complexity index is 58.0. The van der Waals surface area contributed by atoms with Crippen molar-refractivity contribution in [1.29, 1.82) is 0 Å². The molecule has 8 heavy (non-hydrogen) atoms. The monoisotopic (exact) mass is 118 g/mol. The molecule has 0 atom stereocenters. The summed E-state index contributed by atoms with van der Waals surface area (Å²) >= 11 is 0. The van der Waals surface area contributed by atoms with Crippen molar-refractivity contribution >= 4 is 0 Å². The molecule has 0 aromatic carbocycles. The van der Waals surface area contributed by atoms with Crippen molar-refractivity contribution in [3.8, 4) is 0 Å². The van der Waals surface area contributed by atoms with Crippen molar-refractivity contribution in [3.05, 3.63) is 12.8 Å². The lowest BCUT2D eigenvalue weighted by atomic mass is 10.8. The molecule has 4 nitrogen and oxygen atoms in total. The third-order valence-corrected chi connectivity index (χ3v) is 0.504. The Kier molecular flexibility index (Phi) is 5.95. The lowest BCUT2D eigenvalue weighted by Gasteiger charge is -1.98. The highest BCUT2D eigenvalue weighted by Gasteiger charge is 1.79. The predicted molar refractivity (Wildman–Crippen MR) is 29.4 cm³/mol. The maximum Gasteiger partial charge on any atom is 0.113 e. The minimum absolute atomic E-state index is 0.419. The van der Waals surface area contributed by atoms with E-state index in [-0.39, 0.29) is 0 Å². The highest BCUT2D eigenvalue weighted by Crippen LogP contribution is 1.71. The van der Waals surface area contributed by atoms with E-state index in [4.69, 9.17) is 5.84 Å². The minimum atomic E-state index is 0.419. The van der Waals surface area contributed by atoms with Gasteiger partial charge in [0.25, 0.3) is 0 Å². The number of nitrogens with one attached hydrogen (secondary N) is 1. The van der Waals surface area contributed by atoms with Crippen LogP contribution >= 0.6 is 0 Å². The first-order chi connectivity index (χ1) is 3.91. The molecule has 0 aliphatic heterocycles. The molecular weight excluding hydrogens is 108 g/mol. The van der Waals surface area contributed by atoms with E-state index >= 15 is 0 Å². The molecule has 0 radical (unpaired) electrons. The Hall–Kier alpha value is -0.580. The Labute approximate surface area is 48.2 Å². The largest absolute Gasteiger partial charge is 0.499 e. The van der Waals surface area contributed by atoms with Gasteiger partial charge in [0, 0.05) is 0 Å². The van der Waals surface area contributed by atoms with Gasteiger partial charge in [0.15, 0.2) is 0 Å². The van der Waals surface area contributed by atoms with E-state index in [9.17, 15) is 0 Å². The van der Waals surface area contributed by atoms with Crippen molar-refractivity contribution < 1.29 is 9.57 Å². The lowest BCUT2D eigenvalue weighted by Crippen LogP contribution is -2.23. The first kappa shape index (κ1) is 7.42. The Balaban J connectivity index is 2.62. The van der Waals surface area contributed by atoms with Gasteiger partial charge in [-0.05, 0) is 0 Å². The van der Waals surface area contributed by atoms with Gasteiger partial charge in [0.05, 0.1) is 6.26 Å². The summed E-state index contributed by atoms with van der Waals surface area (Å²) in [5.41, 5.74) is 2.01. The van der Waals surface area contributed by atoms with Crippen LogP contribution in [0, 0.1) is 0 Å². The average molecular weight is 118 g/mol. The van der Waals surface area contributed by atoms with Gasteiger partial charge in [-0.25, -0.2) is 5.84 Å². The van der Waals surface area contributed by atoms with Crippen molar-refractivity contribution in [2.45, 2.75) is 0 Å². The van der Waals surface area contributed by atoms with Crippen LogP contribution in [0.1, 0.15) is 0 Å². The molecule has 0 aromatic heterocycles. The van der Waals surface area contributed by atoms with Crippen molar-refractivity contribution in [2.24, 2.45) is 5.84 Å². The first-order valence-corrected chi connectivity index (χ1v) is 2.21. The molecule has 0 amide bonds. The van der Waals surface area contributed by atoms with E-state index < -0.39 is 0 Å². The molecule has 3 N–H and O–H groups in total. The van der Waals surface area contributed by atoms with E-state index in [1.807, 2.05) is 5.59 Å². The topological polar surface area (TPSA) is 56.5 Å². The zero-order valence-electron chi connectivity index (χ0n) is 4.59. The molecule has 0 heterocycles. The van der Waals surface area contributed by atoms with Crippen molar-refractivity contribution in [1.82, 2.24) is 5.59 Å². The molecule has 0 unspecified atom stereocenters. The Morgan fingerprint density at radius 1 is 1.62 bits per heavy atom. The second-order valence-corrected chi connectivity index (χ2v) is 1.00. The van der Waals surface area contributed by atoms with Crippen LogP contribution in [0.2, 0.25) is 0 Å². The molecule has 0 aliphatic carbocycles. The number of ether oxygens (including phenoxy) is 1. The Morgan fingerprint density at radius 2 is 2.38 bits per heavy atom. The zero-order valence-corrected chi connectivity index (χ0v) is 4.59. The number of hydrogen-bond donors (Lipinski definition) is 2. The number of hydrazine groups is 1. The van der Waals surface area contributed by atoms with Gasteiger partial charge in [-0.3, -0.25) is 4.84 Å². The SMILES string of the molecule is C=COCCONN. The Morgan fingerprint density at radius 3 is 2.88 bits per heavy atom. The van der Waals surface area contributed by atoms with Gasteiger partial charge in [0.2, 0.25) is 0 Å². The highest BCUT2D eigenvalue weighted by atomic mass is 16.7.